The molecule has 0 spiro atoms. The molecule has 0 radical (unpaired) electrons. The van der Waals surface area contributed by atoms with Crippen LogP contribution in [0.25, 0.3) is 10.9 Å². The normalized spacial score (nSPS) is 20.9. The van der Waals surface area contributed by atoms with Gasteiger partial charge < -0.3 is 10.3 Å². The topological polar surface area (TPSA) is 84.0 Å². The van der Waals surface area contributed by atoms with Crippen molar-refractivity contribution in [3.05, 3.63) is 39.0 Å². The Morgan fingerprint density at radius 2 is 1.85 bits per heavy atom. The maximum atomic E-state index is 12.8. The number of fused-ring (bicyclic) bond motifs is 1. The summed E-state index contributed by atoms with van der Waals surface area (Å²) in [5.41, 5.74) is -0.479. The second-order valence-electron chi connectivity index (χ2n) is 6.59. The molecule has 2 N–H and O–H groups in total. The van der Waals surface area contributed by atoms with E-state index in [1.807, 2.05) is 0 Å². The molecule has 6 nitrogen and oxygen atoms in total. The SMILES string of the molecule is CC(=O)Nc1ccc2[nH]c(=O)n(C3CCC(C(F)(F)F)CC3)c(=O)c2c1. The average Bonchev–Trinajstić information content (AvgIpc) is 2.55. The molecular weight excluding hydrogens is 351 g/mol. The molecule has 9 heteroatoms. The molecule has 26 heavy (non-hydrogen) atoms. The summed E-state index contributed by atoms with van der Waals surface area (Å²) in [6, 6.07) is 3.94. The van der Waals surface area contributed by atoms with E-state index in [1.54, 1.807) is 6.07 Å². The molecular formula is C17H18F3N3O3. The van der Waals surface area contributed by atoms with E-state index in [1.165, 1.54) is 19.1 Å². The lowest BCUT2D eigenvalue weighted by atomic mass is 9.85. The molecule has 1 aromatic carbocycles. The smallest absolute Gasteiger partial charge is 0.326 e. The van der Waals surface area contributed by atoms with Crippen molar-refractivity contribution in [3.63, 3.8) is 0 Å². The van der Waals surface area contributed by atoms with Gasteiger partial charge >= 0.3 is 11.9 Å². The Kier molecular flexibility index (Phi) is 4.64. The van der Waals surface area contributed by atoms with Gasteiger partial charge in [0.1, 0.15) is 0 Å². The number of hydrogen-bond acceptors (Lipinski definition) is 3. The largest absolute Gasteiger partial charge is 0.391 e. The van der Waals surface area contributed by atoms with Crippen LogP contribution in [0.4, 0.5) is 18.9 Å². The lowest BCUT2D eigenvalue weighted by molar-refractivity contribution is -0.183. The summed E-state index contributed by atoms with van der Waals surface area (Å²) >= 11 is 0. The highest BCUT2D eigenvalue weighted by Crippen LogP contribution is 2.40. The number of alkyl halides is 3. The van der Waals surface area contributed by atoms with Crippen LogP contribution in [0, 0.1) is 5.92 Å². The van der Waals surface area contributed by atoms with Crippen molar-refractivity contribution in [2.45, 2.75) is 44.8 Å². The van der Waals surface area contributed by atoms with Crippen LogP contribution < -0.4 is 16.6 Å². The number of aromatic amines is 1. The molecule has 0 atom stereocenters. The van der Waals surface area contributed by atoms with Gasteiger partial charge in [-0.2, -0.15) is 13.2 Å². The number of benzene rings is 1. The van der Waals surface area contributed by atoms with Crippen LogP contribution in [0.15, 0.2) is 27.8 Å². The van der Waals surface area contributed by atoms with Crippen molar-refractivity contribution in [2.75, 3.05) is 5.32 Å². The second-order valence-corrected chi connectivity index (χ2v) is 6.59. The van der Waals surface area contributed by atoms with E-state index >= 15 is 0 Å². The molecule has 0 saturated heterocycles. The highest BCUT2D eigenvalue weighted by Gasteiger charge is 2.42. The van der Waals surface area contributed by atoms with Crippen molar-refractivity contribution in [3.8, 4) is 0 Å². The van der Waals surface area contributed by atoms with Crippen molar-refractivity contribution >= 4 is 22.5 Å². The van der Waals surface area contributed by atoms with Crippen LogP contribution in [0.3, 0.4) is 0 Å². The Hall–Kier alpha value is -2.58. The molecule has 1 aliphatic rings. The van der Waals surface area contributed by atoms with Gasteiger partial charge in [-0.25, -0.2) is 4.79 Å². The van der Waals surface area contributed by atoms with Crippen LogP contribution in [-0.2, 0) is 4.79 Å². The predicted molar refractivity (Wildman–Crippen MR) is 90.2 cm³/mol. The molecule has 1 heterocycles. The van der Waals surface area contributed by atoms with Crippen LogP contribution in [0.1, 0.15) is 38.6 Å². The summed E-state index contributed by atoms with van der Waals surface area (Å²) in [5.74, 6) is -1.69. The molecule has 140 valence electrons. The second kappa shape index (κ2) is 6.62. The summed E-state index contributed by atoms with van der Waals surface area (Å²) < 4.78 is 39.5. The Bertz CT molecular complexity index is 954. The van der Waals surface area contributed by atoms with E-state index in [-0.39, 0.29) is 37.0 Å². The zero-order valence-electron chi connectivity index (χ0n) is 14.0. The van der Waals surface area contributed by atoms with Crippen LogP contribution in [-0.4, -0.2) is 21.6 Å². The van der Waals surface area contributed by atoms with Crippen LogP contribution >= 0.6 is 0 Å². The van der Waals surface area contributed by atoms with Gasteiger partial charge in [-0.15, -0.1) is 0 Å². The zero-order chi connectivity index (χ0) is 19.1. The Balaban J connectivity index is 1.97. The van der Waals surface area contributed by atoms with Gasteiger partial charge in [0.15, 0.2) is 0 Å². The van der Waals surface area contributed by atoms with E-state index < -0.39 is 29.4 Å². The highest BCUT2D eigenvalue weighted by atomic mass is 19.4. The van der Waals surface area contributed by atoms with E-state index in [4.69, 9.17) is 0 Å². The Labute approximate surface area is 146 Å². The Morgan fingerprint density at radius 3 is 2.42 bits per heavy atom. The fourth-order valence-electron chi connectivity index (χ4n) is 3.50. The van der Waals surface area contributed by atoms with Crippen LogP contribution in [0.2, 0.25) is 0 Å². The van der Waals surface area contributed by atoms with Gasteiger partial charge in [0, 0.05) is 18.7 Å². The molecule has 2 aromatic rings. The number of anilines is 1. The van der Waals surface area contributed by atoms with E-state index in [9.17, 15) is 27.6 Å². The van der Waals surface area contributed by atoms with Gasteiger partial charge in [-0.3, -0.25) is 14.2 Å². The minimum Gasteiger partial charge on any atom is -0.326 e. The Morgan fingerprint density at radius 1 is 1.19 bits per heavy atom. The van der Waals surface area contributed by atoms with Crippen molar-refractivity contribution in [2.24, 2.45) is 5.92 Å². The minimum absolute atomic E-state index is 0.107. The fourth-order valence-corrected chi connectivity index (χ4v) is 3.50. The summed E-state index contributed by atoms with van der Waals surface area (Å²) in [7, 11) is 0. The monoisotopic (exact) mass is 369 g/mol. The summed E-state index contributed by atoms with van der Waals surface area (Å²) in [5, 5.41) is 2.76. The molecule has 1 aliphatic carbocycles. The fraction of sp³-hybridized carbons (Fsp3) is 0.471. The van der Waals surface area contributed by atoms with Gasteiger partial charge in [0.05, 0.1) is 16.8 Å². The van der Waals surface area contributed by atoms with E-state index in [0.29, 0.717) is 11.2 Å². The molecule has 0 unspecified atom stereocenters. The van der Waals surface area contributed by atoms with Crippen molar-refractivity contribution < 1.29 is 18.0 Å². The third-order valence-electron chi connectivity index (χ3n) is 4.77. The summed E-state index contributed by atoms with van der Waals surface area (Å²) in [6.07, 6.45) is -4.23. The number of halogens is 3. The van der Waals surface area contributed by atoms with Gasteiger partial charge in [-0.05, 0) is 43.9 Å². The standard InChI is InChI=1S/C17H18F3N3O3/c1-9(24)21-11-4-7-14-13(8-11)15(25)23(16(26)22-14)12-5-2-10(3-6-12)17(18,19)20/h4,7-8,10,12H,2-3,5-6H2,1H3,(H,21,24)(H,22,26). The quantitative estimate of drug-likeness (QED) is 0.854. The molecule has 0 aliphatic heterocycles. The summed E-state index contributed by atoms with van der Waals surface area (Å²) in [4.78, 5) is 38.8. The first-order valence-corrected chi connectivity index (χ1v) is 8.29. The summed E-state index contributed by atoms with van der Waals surface area (Å²) in [6.45, 7) is 1.33. The lowest BCUT2D eigenvalue weighted by Crippen LogP contribution is -2.40. The van der Waals surface area contributed by atoms with E-state index in [0.717, 1.165) is 4.57 Å². The molecule has 1 fully saturated rings. The lowest BCUT2D eigenvalue weighted by Gasteiger charge is -2.30. The number of carbonyl (C=O) groups excluding carboxylic acids is 1. The minimum atomic E-state index is -4.25. The van der Waals surface area contributed by atoms with Gasteiger partial charge in [0.25, 0.3) is 5.56 Å². The molecule has 1 amide bonds. The molecule has 1 saturated carbocycles. The first-order chi connectivity index (χ1) is 12.2. The predicted octanol–water partition coefficient (Wildman–Crippen LogP) is 2.94. The highest BCUT2D eigenvalue weighted by molar-refractivity contribution is 5.91. The third kappa shape index (κ3) is 3.51. The third-order valence-corrected chi connectivity index (χ3v) is 4.77. The number of hydrogen-bond donors (Lipinski definition) is 2. The first kappa shape index (κ1) is 18.2. The number of nitrogens with one attached hydrogen (secondary N) is 2. The number of aromatic nitrogens is 2. The average molecular weight is 369 g/mol. The number of carbonyl (C=O) groups is 1. The maximum absolute atomic E-state index is 12.8. The van der Waals surface area contributed by atoms with Crippen molar-refractivity contribution in [1.29, 1.82) is 0 Å². The number of H-pyrrole nitrogens is 1. The van der Waals surface area contributed by atoms with E-state index in [2.05, 4.69) is 10.3 Å². The first-order valence-electron chi connectivity index (χ1n) is 8.29. The molecule has 1 aromatic heterocycles. The van der Waals surface area contributed by atoms with Gasteiger partial charge in [-0.1, -0.05) is 0 Å². The zero-order valence-corrected chi connectivity index (χ0v) is 14.0. The van der Waals surface area contributed by atoms with Crippen molar-refractivity contribution in [1.82, 2.24) is 9.55 Å². The molecule has 3 rings (SSSR count). The molecule has 0 bridgehead atoms. The number of amides is 1. The number of nitrogens with zero attached hydrogens (tertiary/aromatic N) is 1. The van der Waals surface area contributed by atoms with Crippen LogP contribution in [0.5, 0.6) is 0 Å². The maximum Gasteiger partial charge on any atom is 0.391 e. The number of rotatable bonds is 2. The van der Waals surface area contributed by atoms with Gasteiger partial charge in [0.2, 0.25) is 5.91 Å².